The van der Waals surface area contributed by atoms with E-state index in [0.29, 0.717) is 6.42 Å². The summed E-state index contributed by atoms with van der Waals surface area (Å²) in [4.78, 5) is 21.5. The molecule has 0 atom stereocenters. The molecule has 158 valence electrons. The first kappa shape index (κ1) is 25.7. The molecule has 4 heteroatoms. The minimum atomic E-state index is -1.18. The molecular formula is C23H42O4. The van der Waals surface area contributed by atoms with Crippen LogP contribution in [-0.4, -0.2) is 22.2 Å². The molecule has 0 aliphatic rings. The quantitative estimate of drug-likeness (QED) is 0.173. The molecular weight excluding hydrogens is 340 g/mol. The third kappa shape index (κ3) is 19.3. The Balaban J connectivity index is 3.29. The largest absolute Gasteiger partial charge is 0.478 e. The lowest BCUT2D eigenvalue weighted by molar-refractivity contribution is -0.135. The molecule has 0 heterocycles. The maximum Gasteiger partial charge on any atom is 0.331 e. The normalized spacial score (nSPS) is 11.7. The zero-order valence-corrected chi connectivity index (χ0v) is 17.5. The zero-order chi connectivity index (χ0) is 20.2. The average Bonchev–Trinajstić information content (AvgIpc) is 2.62. The third-order valence-electron chi connectivity index (χ3n) is 5.12. The van der Waals surface area contributed by atoms with E-state index >= 15 is 0 Å². The van der Waals surface area contributed by atoms with E-state index in [9.17, 15) is 9.59 Å². The lowest BCUT2D eigenvalue weighted by atomic mass is 10.0. The van der Waals surface area contributed by atoms with Gasteiger partial charge in [-0.2, -0.15) is 0 Å². The smallest absolute Gasteiger partial charge is 0.331 e. The zero-order valence-electron chi connectivity index (χ0n) is 17.5. The van der Waals surface area contributed by atoms with Crippen LogP contribution in [0.25, 0.3) is 0 Å². The molecule has 0 spiro atoms. The van der Waals surface area contributed by atoms with Crippen molar-refractivity contribution in [3.8, 4) is 0 Å². The summed E-state index contributed by atoms with van der Waals surface area (Å²) >= 11 is 0. The summed E-state index contributed by atoms with van der Waals surface area (Å²) in [6.07, 6.45) is 23.0. The van der Waals surface area contributed by atoms with Crippen molar-refractivity contribution < 1.29 is 19.8 Å². The van der Waals surface area contributed by atoms with E-state index in [-0.39, 0.29) is 5.57 Å². The van der Waals surface area contributed by atoms with Gasteiger partial charge in [0.15, 0.2) is 0 Å². The van der Waals surface area contributed by atoms with Crippen LogP contribution in [0.3, 0.4) is 0 Å². The summed E-state index contributed by atoms with van der Waals surface area (Å²) in [5.41, 5.74) is 0.00320. The van der Waals surface area contributed by atoms with Crippen LogP contribution in [0.5, 0.6) is 0 Å². The Morgan fingerprint density at radius 2 is 0.926 bits per heavy atom. The topological polar surface area (TPSA) is 74.6 Å². The van der Waals surface area contributed by atoms with Crippen molar-refractivity contribution in [2.75, 3.05) is 0 Å². The maximum absolute atomic E-state index is 10.9. The molecule has 0 bridgehead atoms. The first-order valence-corrected chi connectivity index (χ1v) is 11.2. The summed E-state index contributed by atoms with van der Waals surface area (Å²) in [7, 11) is 0. The Kier molecular flexibility index (Phi) is 18.5. The molecule has 0 aromatic carbocycles. The van der Waals surface area contributed by atoms with Crippen molar-refractivity contribution in [1.29, 1.82) is 0 Å². The molecule has 0 fully saturated rings. The molecule has 0 aromatic heterocycles. The van der Waals surface area contributed by atoms with Crippen LogP contribution in [0.15, 0.2) is 11.6 Å². The number of carboxylic acid groups (broad SMARTS) is 2. The summed E-state index contributed by atoms with van der Waals surface area (Å²) in [6, 6.07) is 0. The monoisotopic (exact) mass is 382 g/mol. The standard InChI is InChI=1S/C23H42O4/c1-2-3-4-5-6-7-8-9-10-11-12-13-14-15-16-17-18-19-21(23(26)27)20-22(24)25/h20H,2-19H2,1H3,(H,24,25)(H,26,27). The molecule has 2 N–H and O–H groups in total. The number of aliphatic carboxylic acids is 2. The first-order chi connectivity index (χ1) is 13.1. The van der Waals surface area contributed by atoms with Crippen molar-refractivity contribution in [1.82, 2.24) is 0 Å². The molecule has 0 unspecified atom stereocenters. The Hall–Kier alpha value is -1.32. The van der Waals surface area contributed by atoms with E-state index in [1.165, 1.54) is 89.9 Å². The number of carboxylic acids is 2. The molecule has 0 saturated heterocycles. The van der Waals surface area contributed by atoms with Gasteiger partial charge in [-0.1, -0.05) is 110 Å². The van der Waals surface area contributed by atoms with Gasteiger partial charge in [-0.3, -0.25) is 0 Å². The molecule has 4 nitrogen and oxygen atoms in total. The molecule has 0 aliphatic heterocycles. The second-order valence-corrected chi connectivity index (χ2v) is 7.72. The Morgan fingerprint density at radius 1 is 0.593 bits per heavy atom. The summed E-state index contributed by atoms with van der Waals surface area (Å²) < 4.78 is 0. The van der Waals surface area contributed by atoms with Crippen molar-refractivity contribution in [3.63, 3.8) is 0 Å². The van der Waals surface area contributed by atoms with Gasteiger partial charge in [0, 0.05) is 11.6 Å². The summed E-state index contributed by atoms with van der Waals surface area (Å²) in [5.74, 6) is -2.30. The fourth-order valence-corrected chi connectivity index (χ4v) is 3.43. The number of carbonyl (C=O) groups is 2. The van der Waals surface area contributed by atoms with Gasteiger partial charge in [0.05, 0.1) is 0 Å². The van der Waals surface area contributed by atoms with Crippen LogP contribution in [0.4, 0.5) is 0 Å². The number of hydrogen-bond donors (Lipinski definition) is 2. The van der Waals surface area contributed by atoms with Gasteiger partial charge in [-0.05, 0) is 12.8 Å². The fourth-order valence-electron chi connectivity index (χ4n) is 3.43. The first-order valence-electron chi connectivity index (χ1n) is 11.2. The number of hydrogen-bond acceptors (Lipinski definition) is 2. The maximum atomic E-state index is 10.9. The Labute approximate surface area is 166 Å². The molecule has 0 saturated carbocycles. The molecule has 0 aromatic rings. The van der Waals surface area contributed by atoms with E-state index in [0.717, 1.165) is 25.3 Å². The van der Waals surface area contributed by atoms with E-state index in [2.05, 4.69) is 6.92 Å². The molecule has 0 rings (SSSR count). The van der Waals surface area contributed by atoms with E-state index in [1.807, 2.05) is 0 Å². The third-order valence-corrected chi connectivity index (χ3v) is 5.12. The van der Waals surface area contributed by atoms with Crippen LogP contribution < -0.4 is 0 Å². The second-order valence-electron chi connectivity index (χ2n) is 7.72. The van der Waals surface area contributed by atoms with Crippen LogP contribution in [0.2, 0.25) is 0 Å². The predicted octanol–water partition coefficient (Wildman–Crippen LogP) is 7.12. The highest BCUT2D eigenvalue weighted by Crippen LogP contribution is 2.15. The van der Waals surface area contributed by atoms with Gasteiger partial charge >= 0.3 is 11.9 Å². The minimum absolute atomic E-state index is 0.00320. The molecule has 0 aliphatic carbocycles. The Bertz CT molecular complexity index is 401. The molecule has 27 heavy (non-hydrogen) atoms. The van der Waals surface area contributed by atoms with Crippen molar-refractivity contribution in [2.24, 2.45) is 0 Å². The second kappa shape index (κ2) is 19.4. The van der Waals surface area contributed by atoms with Crippen molar-refractivity contribution in [3.05, 3.63) is 11.6 Å². The van der Waals surface area contributed by atoms with Crippen molar-refractivity contribution in [2.45, 2.75) is 122 Å². The van der Waals surface area contributed by atoms with Gasteiger partial charge in [0.25, 0.3) is 0 Å². The molecule has 0 radical (unpaired) electrons. The number of unbranched alkanes of at least 4 members (excludes halogenated alkanes) is 16. The Morgan fingerprint density at radius 3 is 1.22 bits per heavy atom. The SMILES string of the molecule is CCCCCCCCCCCCCCCCCCCC(=CC(=O)O)C(=O)O. The van der Waals surface area contributed by atoms with E-state index in [4.69, 9.17) is 10.2 Å². The van der Waals surface area contributed by atoms with Gasteiger partial charge in [-0.25, -0.2) is 9.59 Å². The highest BCUT2D eigenvalue weighted by molar-refractivity contribution is 5.94. The lowest BCUT2D eigenvalue weighted by Crippen LogP contribution is -2.04. The lowest BCUT2D eigenvalue weighted by Gasteiger charge is -2.04. The van der Waals surface area contributed by atoms with Crippen molar-refractivity contribution >= 4 is 11.9 Å². The average molecular weight is 383 g/mol. The fraction of sp³-hybridized carbons (Fsp3) is 0.826. The molecule has 0 amide bonds. The van der Waals surface area contributed by atoms with Gasteiger partial charge in [0.2, 0.25) is 0 Å². The number of rotatable bonds is 20. The van der Waals surface area contributed by atoms with Crippen LogP contribution in [-0.2, 0) is 9.59 Å². The minimum Gasteiger partial charge on any atom is -0.478 e. The predicted molar refractivity (Wildman–Crippen MR) is 112 cm³/mol. The van der Waals surface area contributed by atoms with Crippen LogP contribution in [0, 0.1) is 0 Å². The van der Waals surface area contributed by atoms with E-state index in [1.54, 1.807) is 0 Å². The van der Waals surface area contributed by atoms with Gasteiger partial charge in [-0.15, -0.1) is 0 Å². The van der Waals surface area contributed by atoms with Crippen LogP contribution >= 0.6 is 0 Å². The highest BCUT2D eigenvalue weighted by Gasteiger charge is 2.08. The highest BCUT2D eigenvalue weighted by atomic mass is 16.4. The van der Waals surface area contributed by atoms with E-state index < -0.39 is 11.9 Å². The van der Waals surface area contributed by atoms with Gasteiger partial charge in [0.1, 0.15) is 0 Å². The summed E-state index contributed by atoms with van der Waals surface area (Å²) in [5, 5.41) is 17.6. The van der Waals surface area contributed by atoms with Crippen LogP contribution in [0.1, 0.15) is 122 Å². The van der Waals surface area contributed by atoms with Gasteiger partial charge < -0.3 is 10.2 Å². The summed E-state index contributed by atoms with van der Waals surface area (Å²) in [6.45, 7) is 2.26.